The standard InChI is InChI=1S/C19H24ClN3O3/c1-3-5-10-17(24)23-12-13(11-16(23)19(26)21-4-2)22-18(25)14-8-6-7-9-15(14)20/h3,5-9,13,16H,4,10-12H2,1-2H3,(H,21,26)(H,22,25)/t13-,16-/m0/s1. The molecule has 1 aromatic carbocycles. The SMILES string of the molecule is CC=CCC(=O)N1C[C@@H](NC(=O)c2ccccc2Cl)C[C@H]1C(=O)NCC. The summed E-state index contributed by atoms with van der Waals surface area (Å²) >= 11 is 6.06. The van der Waals surface area contributed by atoms with Gasteiger partial charge in [0, 0.05) is 25.6 Å². The number of allylic oxidation sites excluding steroid dienone is 1. The number of nitrogens with one attached hydrogen (secondary N) is 2. The van der Waals surface area contributed by atoms with Gasteiger partial charge in [0.15, 0.2) is 0 Å². The van der Waals surface area contributed by atoms with Crippen LogP contribution in [0.2, 0.25) is 5.02 Å². The summed E-state index contributed by atoms with van der Waals surface area (Å²) < 4.78 is 0. The van der Waals surface area contributed by atoms with Crippen LogP contribution in [-0.4, -0.2) is 47.8 Å². The molecule has 0 aromatic heterocycles. The Bertz CT molecular complexity index is 705. The molecule has 0 aliphatic carbocycles. The van der Waals surface area contributed by atoms with Crippen LogP contribution in [0, 0.1) is 0 Å². The van der Waals surface area contributed by atoms with Gasteiger partial charge in [-0.15, -0.1) is 0 Å². The highest BCUT2D eigenvalue weighted by Gasteiger charge is 2.39. The Morgan fingerprint density at radius 2 is 2.04 bits per heavy atom. The Hall–Kier alpha value is -2.34. The fourth-order valence-electron chi connectivity index (χ4n) is 3.00. The van der Waals surface area contributed by atoms with Crippen molar-refractivity contribution in [1.82, 2.24) is 15.5 Å². The van der Waals surface area contributed by atoms with E-state index in [1.807, 2.05) is 13.8 Å². The summed E-state index contributed by atoms with van der Waals surface area (Å²) in [5, 5.41) is 6.01. The summed E-state index contributed by atoms with van der Waals surface area (Å²) in [6.45, 7) is 4.46. The van der Waals surface area contributed by atoms with Gasteiger partial charge in [0.25, 0.3) is 5.91 Å². The minimum absolute atomic E-state index is 0.131. The van der Waals surface area contributed by atoms with Crippen LogP contribution in [0.5, 0.6) is 0 Å². The summed E-state index contributed by atoms with van der Waals surface area (Å²) in [5.41, 5.74) is 0.377. The summed E-state index contributed by atoms with van der Waals surface area (Å²) in [5.74, 6) is -0.636. The molecule has 2 rings (SSSR count). The van der Waals surface area contributed by atoms with Gasteiger partial charge in [0.05, 0.1) is 10.6 Å². The van der Waals surface area contributed by atoms with Crippen molar-refractivity contribution in [2.75, 3.05) is 13.1 Å². The van der Waals surface area contributed by atoms with E-state index in [1.54, 1.807) is 41.3 Å². The molecule has 0 unspecified atom stereocenters. The fourth-order valence-corrected chi connectivity index (χ4v) is 3.22. The molecule has 1 saturated heterocycles. The van der Waals surface area contributed by atoms with Crippen molar-refractivity contribution in [2.45, 2.75) is 38.8 Å². The number of carbonyl (C=O) groups is 3. The van der Waals surface area contributed by atoms with Gasteiger partial charge in [-0.2, -0.15) is 0 Å². The van der Waals surface area contributed by atoms with E-state index in [-0.39, 0.29) is 30.2 Å². The monoisotopic (exact) mass is 377 g/mol. The Morgan fingerprint density at radius 1 is 1.31 bits per heavy atom. The molecule has 1 fully saturated rings. The number of carbonyl (C=O) groups excluding carboxylic acids is 3. The summed E-state index contributed by atoms with van der Waals surface area (Å²) in [6.07, 6.45) is 4.17. The first-order chi connectivity index (χ1) is 12.5. The zero-order valence-corrected chi connectivity index (χ0v) is 15.8. The van der Waals surface area contributed by atoms with Gasteiger partial charge in [0.2, 0.25) is 11.8 Å². The normalized spacial score (nSPS) is 19.6. The first kappa shape index (κ1) is 20.0. The number of likely N-dealkylation sites (N-methyl/N-ethyl adjacent to an activating group) is 1. The highest BCUT2D eigenvalue weighted by Crippen LogP contribution is 2.21. The largest absolute Gasteiger partial charge is 0.355 e. The molecule has 140 valence electrons. The molecule has 26 heavy (non-hydrogen) atoms. The maximum Gasteiger partial charge on any atom is 0.253 e. The molecule has 0 spiro atoms. The molecule has 1 heterocycles. The molecule has 1 aromatic rings. The smallest absolute Gasteiger partial charge is 0.253 e. The van der Waals surface area contributed by atoms with Gasteiger partial charge in [0.1, 0.15) is 6.04 Å². The third-order valence-electron chi connectivity index (χ3n) is 4.26. The maximum atomic E-state index is 12.5. The minimum atomic E-state index is -0.579. The Labute approximate surface area is 158 Å². The summed E-state index contributed by atoms with van der Waals surface area (Å²) in [4.78, 5) is 38.8. The van der Waals surface area contributed by atoms with Crippen LogP contribution in [0.4, 0.5) is 0 Å². The van der Waals surface area contributed by atoms with E-state index in [4.69, 9.17) is 11.6 Å². The molecular weight excluding hydrogens is 354 g/mol. The van der Waals surface area contributed by atoms with Crippen LogP contribution in [0.3, 0.4) is 0 Å². The Balaban J connectivity index is 2.10. The van der Waals surface area contributed by atoms with Crippen LogP contribution in [0.15, 0.2) is 36.4 Å². The lowest BCUT2D eigenvalue weighted by Crippen LogP contribution is -2.45. The number of likely N-dealkylation sites (tertiary alicyclic amines) is 1. The number of benzene rings is 1. The van der Waals surface area contributed by atoms with Gasteiger partial charge >= 0.3 is 0 Å². The van der Waals surface area contributed by atoms with Gasteiger partial charge < -0.3 is 15.5 Å². The Morgan fingerprint density at radius 3 is 2.69 bits per heavy atom. The van der Waals surface area contributed by atoms with Crippen LogP contribution in [-0.2, 0) is 9.59 Å². The van der Waals surface area contributed by atoms with E-state index in [0.717, 1.165) is 0 Å². The average molecular weight is 378 g/mol. The van der Waals surface area contributed by atoms with Crippen LogP contribution in [0.25, 0.3) is 0 Å². The molecule has 1 aliphatic rings. The third kappa shape index (κ3) is 4.85. The second-order valence-electron chi connectivity index (χ2n) is 6.12. The fraction of sp³-hybridized carbons (Fsp3) is 0.421. The van der Waals surface area contributed by atoms with Crippen molar-refractivity contribution >= 4 is 29.3 Å². The van der Waals surface area contributed by atoms with E-state index < -0.39 is 6.04 Å². The van der Waals surface area contributed by atoms with Crippen molar-refractivity contribution in [3.05, 3.63) is 47.0 Å². The third-order valence-corrected chi connectivity index (χ3v) is 4.59. The van der Waals surface area contributed by atoms with E-state index in [0.29, 0.717) is 30.1 Å². The quantitative estimate of drug-likeness (QED) is 0.745. The molecule has 0 radical (unpaired) electrons. The first-order valence-electron chi connectivity index (χ1n) is 8.71. The van der Waals surface area contributed by atoms with Crippen molar-refractivity contribution in [3.8, 4) is 0 Å². The predicted octanol–water partition coefficient (Wildman–Crippen LogP) is 2.14. The molecule has 3 amide bonds. The average Bonchev–Trinajstić information content (AvgIpc) is 3.04. The molecule has 7 heteroatoms. The van der Waals surface area contributed by atoms with Gasteiger partial charge in [-0.05, 0) is 32.4 Å². The van der Waals surface area contributed by atoms with Crippen LogP contribution >= 0.6 is 11.6 Å². The maximum absolute atomic E-state index is 12.5. The minimum Gasteiger partial charge on any atom is -0.355 e. The second kappa shape index (κ2) is 9.38. The number of amides is 3. The number of rotatable bonds is 6. The lowest BCUT2D eigenvalue weighted by atomic mass is 10.1. The van der Waals surface area contributed by atoms with Crippen LogP contribution < -0.4 is 10.6 Å². The molecule has 1 aliphatic heterocycles. The predicted molar refractivity (Wildman–Crippen MR) is 101 cm³/mol. The lowest BCUT2D eigenvalue weighted by Gasteiger charge is -2.23. The number of hydrogen-bond acceptors (Lipinski definition) is 3. The number of hydrogen-bond donors (Lipinski definition) is 2. The van der Waals surface area contributed by atoms with Crippen molar-refractivity contribution in [2.24, 2.45) is 0 Å². The van der Waals surface area contributed by atoms with Crippen molar-refractivity contribution < 1.29 is 14.4 Å². The highest BCUT2D eigenvalue weighted by atomic mass is 35.5. The molecule has 6 nitrogen and oxygen atoms in total. The number of nitrogens with zero attached hydrogens (tertiary/aromatic N) is 1. The van der Waals surface area contributed by atoms with Gasteiger partial charge in [-0.25, -0.2) is 0 Å². The highest BCUT2D eigenvalue weighted by molar-refractivity contribution is 6.33. The second-order valence-corrected chi connectivity index (χ2v) is 6.52. The lowest BCUT2D eigenvalue weighted by molar-refractivity contribution is -0.137. The molecule has 2 N–H and O–H groups in total. The topological polar surface area (TPSA) is 78.5 Å². The summed E-state index contributed by atoms with van der Waals surface area (Å²) in [7, 11) is 0. The van der Waals surface area contributed by atoms with Crippen molar-refractivity contribution in [1.29, 1.82) is 0 Å². The van der Waals surface area contributed by atoms with Gasteiger partial charge in [-0.1, -0.05) is 35.9 Å². The van der Waals surface area contributed by atoms with E-state index in [2.05, 4.69) is 10.6 Å². The van der Waals surface area contributed by atoms with Crippen LogP contribution in [0.1, 0.15) is 37.0 Å². The van der Waals surface area contributed by atoms with E-state index in [1.165, 1.54) is 0 Å². The Kier molecular flexibility index (Phi) is 7.21. The molecular formula is C19H24ClN3O3. The number of halogens is 1. The first-order valence-corrected chi connectivity index (χ1v) is 9.09. The molecule has 2 atom stereocenters. The van der Waals surface area contributed by atoms with E-state index in [9.17, 15) is 14.4 Å². The van der Waals surface area contributed by atoms with Crippen molar-refractivity contribution in [3.63, 3.8) is 0 Å². The van der Waals surface area contributed by atoms with Gasteiger partial charge in [-0.3, -0.25) is 14.4 Å². The summed E-state index contributed by atoms with van der Waals surface area (Å²) in [6, 6.07) is 5.89. The molecule has 0 saturated carbocycles. The molecule has 0 bridgehead atoms. The zero-order chi connectivity index (χ0) is 19.1. The zero-order valence-electron chi connectivity index (χ0n) is 15.0. The van der Waals surface area contributed by atoms with E-state index >= 15 is 0 Å².